The lowest BCUT2D eigenvalue weighted by atomic mass is 10.1. The molecule has 0 aliphatic carbocycles. The van der Waals surface area contributed by atoms with Crippen molar-refractivity contribution < 1.29 is 9.53 Å². The number of unbranched alkanes of at least 4 members (excludes halogenated alkanes) is 1. The average molecular weight is 508 g/mol. The van der Waals surface area contributed by atoms with Gasteiger partial charge in [0.05, 0.1) is 7.11 Å². The minimum atomic E-state index is 0.233. The van der Waals surface area contributed by atoms with Crippen LogP contribution in [0.2, 0.25) is 0 Å². The summed E-state index contributed by atoms with van der Waals surface area (Å²) < 4.78 is 9.93. The fourth-order valence-electron chi connectivity index (χ4n) is 4.45. The van der Waals surface area contributed by atoms with E-state index in [0.717, 1.165) is 74.4 Å². The molecule has 0 unspecified atom stereocenters. The Kier molecular flexibility index (Phi) is 9.69. The van der Waals surface area contributed by atoms with E-state index in [0.29, 0.717) is 19.4 Å². The van der Waals surface area contributed by atoms with Crippen molar-refractivity contribution in [2.45, 2.75) is 39.2 Å². The summed E-state index contributed by atoms with van der Waals surface area (Å²) in [6.45, 7) is 8.14. The predicted octanol–water partition coefficient (Wildman–Crippen LogP) is 4.48. The normalized spacial score (nSPS) is 14.1. The van der Waals surface area contributed by atoms with Gasteiger partial charge in [-0.3, -0.25) is 9.69 Å². The molecule has 1 aliphatic heterocycles. The molecule has 2 heterocycles. The largest absolute Gasteiger partial charge is 0.497 e. The fraction of sp³-hybridized carbons (Fsp3) is 0.464. The summed E-state index contributed by atoms with van der Waals surface area (Å²) in [5, 5.41) is 0.904. The van der Waals surface area contributed by atoms with Crippen molar-refractivity contribution in [1.29, 1.82) is 0 Å². The van der Waals surface area contributed by atoms with Crippen molar-refractivity contribution in [3.63, 3.8) is 0 Å². The molecule has 0 spiro atoms. The van der Waals surface area contributed by atoms with Crippen LogP contribution in [0.5, 0.6) is 5.75 Å². The second kappa shape index (κ2) is 13.4. The quantitative estimate of drug-likeness (QED) is 0.360. The molecule has 1 aliphatic rings. The third-order valence-corrected chi connectivity index (χ3v) is 7.39. The summed E-state index contributed by atoms with van der Waals surface area (Å²) in [4.78, 5) is 24.5. The van der Waals surface area contributed by atoms with Gasteiger partial charge in [0.25, 0.3) is 0 Å². The first-order valence-electron chi connectivity index (χ1n) is 12.9. The van der Waals surface area contributed by atoms with Crippen LogP contribution in [0.4, 0.5) is 5.13 Å². The van der Waals surface area contributed by atoms with Crippen LogP contribution in [0.25, 0.3) is 0 Å². The Bertz CT molecular complexity index is 1080. The Balaban J connectivity index is 1.28. The highest BCUT2D eigenvalue weighted by molar-refractivity contribution is 7.09. The lowest BCUT2D eigenvalue weighted by Crippen LogP contribution is -2.48. The van der Waals surface area contributed by atoms with E-state index in [1.165, 1.54) is 17.1 Å². The first kappa shape index (κ1) is 26.1. The highest BCUT2D eigenvalue weighted by Crippen LogP contribution is 2.22. The summed E-state index contributed by atoms with van der Waals surface area (Å²) >= 11 is 1.43. The van der Waals surface area contributed by atoms with Gasteiger partial charge in [-0.25, -0.2) is 4.98 Å². The Morgan fingerprint density at radius 2 is 1.81 bits per heavy atom. The van der Waals surface area contributed by atoms with Crippen molar-refractivity contribution in [3.8, 4) is 5.75 Å². The SMILES string of the molecule is CCCCN(CCC(=O)N1CCN(Cc2ccccc2)CC1)c1nc(Cc2cccc(OC)c2)ns1. The number of amides is 1. The standard InChI is InChI=1S/C28H37N5O2S/c1-3-4-14-33(28-29-26(30-36-28)21-24-11-8-12-25(20-24)35-2)15-13-27(34)32-18-16-31(17-19-32)22-23-9-6-5-7-10-23/h5-12,20H,3-4,13-19,21-22H2,1-2H3. The molecule has 4 rings (SSSR count). The molecular formula is C28H37N5O2S. The van der Waals surface area contributed by atoms with Gasteiger partial charge in [0, 0.05) is 70.2 Å². The van der Waals surface area contributed by atoms with Crippen LogP contribution in [0, 0.1) is 0 Å². The zero-order chi connectivity index (χ0) is 25.2. The van der Waals surface area contributed by atoms with Gasteiger partial charge in [0.1, 0.15) is 11.6 Å². The van der Waals surface area contributed by atoms with Crippen LogP contribution in [-0.2, 0) is 17.8 Å². The number of rotatable bonds is 12. The van der Waals surface area contributed by atoms with E-state index in [9.17, 15) is 4.79 Å². The molecule has 3 aromatic rings. The van der Waals surface area contributed by atoms with E-state index in [4.69, 9.17) is 9.72 Å². The number of carbonyl (C=O) groups is 1. The van der Waals surface area contributed by atoms with E-state index in [1.54, 1.807) is 7.11 Å². The second-order valence-electron chi connectivity index (χ2n) is 9.25. The van der Waals surface area contributed by atoms with Gasteiger partial charge >= 0.3 is 0 Å². The van der Waals surface area contributed by atoms with Crippen molar-refractivity contribution in [2.24, 2.45) is 0 Å². The van der Waals surface area contributed by atoms with Gasteiger partial charge in [-0.05, 0) is 29.7 Å². The summed E-state index contributed by atoms with van der Waals surface area (Å²) in [5.74, 6) is 1.88. The summed E-state index contributed by atoms with van der Waals surface area (Å²) in [6.07, 6.45) is 3.34. The number of carbonyl (C=O) groups excluding carboxylic acids is 1. The third kappa shape index (κ3) is 7.51. The number of hydrogen-bond acceptors (Lipinski definition) is 7. The molecule has 0 saturated carbocycles. The molecule has 36 heavy (non-hydrogen) atoms. The first-order chi connectivity index (χ1) is 17.6. The second-order valence-corrected chi connectivity index (χ2v) is 9.98. The fourth-order valence-corrected chi connectivity index (χ4v) is 5.18. The molecule has 192 valence electrons. The van der Waals surface area contributed by atoms with Crippen LogP contribution in [0.15, 0.2) is 54.6 Å². The number of benzene rings is 2. The number of ether oxygens (including phenoxy) is 1. The van der Waals surface area contributed by atoms with Crippen molar-refractivity contribution in [2.75, 3.05) is 51.3 Å². The van der Waals surface area contributed by atoms with Gasteiger partial charge in [0.2, 0.25) is 11.0 Å². The zero-order valence-corrected chi connectivity index (χ0v) is 22.3. The Labute approximate surface area is 218 Å². The molecule has 8 heteroatoms. The lowest BCUT2D eigenvalue weighted by Gasteiger charge is -2.35. The van der Waals surface area contributed by atoms with Crippen LogP contribution < -0.4 is 9.64 Å². The summed E-state index contributed by atoms with van der Waals surface area (Å²) in [5.41, 5.74) is 2.45. The molecule has 0 N–H and O–H groups in total. The Morgan fingerprint density at radius 3 is 2.56 bits per heavy atom. The first-order valence-corrected chi connectivity index (χ1v) is 13.7. The molecule has 0 bridgehead atoms. The average Bonchev–Trinajstić information content (AvgIpc) is 3.38. The number of piperazine rings is 1. The number of anilines is 1. The lowest BCUT2D eigenvalue weighted by molar-refractivity contribution is -0.132. The number of aromatic nitrogens is 2. The number of methoxy groups -OCH3 is 1. The molecular weight excluding hydrogens is 470 g/mol. The van der Waals surface area contributed by atoms with Gasteiger partial charge in [-0.2, -0.15) is 4.37 Å². The zero-order valence-electron chi connectivity index (χ0n) is 21.4. The minimum absolute atomic E-state index is 0.233. The molecule has 2 aromatic carbocycles. The molecule has 0 atom stereocenters. The van der Waals surface area contributed by atoms with Crippen LogP contribution >= 0.6 is 11.5 Å². The smallest absolute Gasteiger partial charge is 0.224 e. The van der Waals surface area contributed by atoms with E-state index in [-0.39, 0.29) is 5.91 Å². The highest BCUT2D eigenvalue weighted by Gasteiger charge is 2.22. The molecule has 1 saturated heterocycles. The number of hydrogen-bond donors (Lipinski definition) is 0. The van der Waals surface area contributed by atoms with E-state index in [2.05, 4.69) is 51.4 Å². The maximum atomic E-state index is 13.0. The van der Waals surface area contributed by atoms with Gasteiger partial charge in [0.15, 0.2) is 0 Å². The van der Waals surface area contributed by atoms with Crippen molar-refractivity contribution in [3.05, 3.63) is 71.5 Å². The number of nitrogens with zero attached hydrogens (tertiary/aromatic N) is 5. The monoisotopic (exact) mass is 507 g/mol. The Hall–Kier alpha value is -2.97. The molecule has 1 fully saturated rings. The Morgan fingerprint density at radius 1 is 1.03 bits per heavy atom. The highest BCUT2D eigenvalue weighted by atomic mass is 32.1. The van der Waals surface area contributed by atoms with E-state index < -0.39 is 0 Å². The predicted molar refractivity (Wildman–Crippen MR) is 146 cm³/mol. The van der Waals surface area contributed by atoms with Crippen molar-refractivity contribution in [1.82, 2.24) is 19.2 Å². The molecule has 0 radical (unpaired) electrons. The minimum Gasteiger partial charge on any atom is -0.497 e. The molecule has 1 aromatic heterocycles. The third-order valence-electron chi connectivity index (χ3n) is 6.58. The van der Waals surface area contributed by atoms with E-state index >= 15 is 0 Å². The van der Waals surface area contributed by atoms with Crippen molar-refractivity contribution >= 4 is 22.6 Å². The van der Waals surface area contributed by atoms with Gasteiger partial charge < -0.3 is 14.5 Å². The summed E-state index contributed by atoms with van der Waals surface area (Å²) in [6, 6.07) is 18.6. The van der Waals surface area contributed by atoms with Gasteiger partial charge in [-0.15, -0.1) is 0 Å². The maximum absolute atomic E-state index is 13.0. The molecule has 7 nitrogen and oxygen atoms in total. The molecule has 1 amide bonds. The van der Waals surface area contributed by atoms with Crippen LogP contribution in [0.3, 0.4) is 0 Å². The maximum Gasteiger partial charge on any atom is 0.224 e. The van der Waals surface area contributed by atoms with E-state index in [1.807, 2.05) is 29.2 Å². The van der Waals surface area contributed by atoms with Gasteiger partial charge in [-0.1, -0.05) is 55.8 Å². The van der Waals surface area contributed by atoms with Crippen LogP contribution in [0.1, 0.15) is 43.1 Å². The van der Waals surface area contributed by atoms with Crippen LogP contribution in [-0.4, -0.2) is 71.4 Å². The summed E-state index contributed by atoms with van der Waals surface area (Å²) in [7, 11) is 1.68. The topological polar surface area (TPSA) is 61.8 Å².